The molecule has 1 aromatic heterocycles. The molecule has 166 valence electrons. The van der Waals surface area contributed by atoms with Crippen molar-refractivity contribution < 1.29 is 23.8 Å². The average Bonchev–Trinajstić information content (AvgIpc) is 3.64. The summed E-state index contributed by atoms with van der Waals surface area (Å²) in [6.07, 6.45) is 5.17. The number of rotatable bonds is 7. The Hall–Kier alpha value is -3.03. The van der Waals surface area contributed by atoms with E-state index in [0.29, 0.717) is 46.7 Å². The molecular formula is C23H29N3O5. The summed E-state index contributed by atoms with van der Waals surface area (Å²) in [4.78, 5) is 31.5. The van der Waals surface area contributed by atoms with E-state index in [1.54, 1.807) is 33.3 Å². The number of carbonyl (C=O) groups excluding carboxylic acids is 2. The van der Waals surface area contributed by atoms with Crippen molar-refractivity contribution in [1.82, 2.24) is 9.88 Å². The molecule has 1 aliphatic heterocycles. The highest BCUT2D eigenvalue weighted by atomic mass is 16.5. The first-order chi connectivity index (χ1) is 15.1. The minimum atomic E-state index is -0.439. The second-order valence-corrected chi connectivity index (χ2v) is 7.98. The fourth-order valence-corrected chi connectivity index (χ4v) is 4.14. The maximum Gasteiger partial charge on any atom is 0.341 e. The molecule has 0 spiro atoms. The summed E-state index contributed by atoms with van der Waals surface area (Å²) in [5, 5.41) is 4.23. The van der Waals surface area contributed by atoms with E-state index in [1.807, 2.05) is 4.90 Å². The van der Waals surface area contributed by atoms with Crippen LogP contribution in [0.1, 0.15) is 43.0 Å². The summed E-state index contributed by atoms with van der Waals surface area (Å²) < 4.78 is 16.3. The summed E-state index contributed by atoms with van der Waals surface area (Å²) in [6.45, 7) is 3.47. The van der Waals surface area contributed by atoms with Gasteiger partial charge in [-0.15, -0.1) is 0 Å². The maximum absolute atomic E-state index is 12.7. The van der Waals surface area contributed by atoms with Crippen molar-refractivity contribution in [3.8, 4) is 11.5 Å². The lowest BCUT2D eigenvalue weighted by molar-refractivity contribution is -0.133. The Morgan fingerprint density at radius 2 is 1.77 bits per heavy atom. The van der Waals surface area contributed by atoms with E-state index in [2.05, 4.69) is 10.3 Å². The van der Waals surface area contributed by atoms with Gasteiger partial charge < -0.3 is 24.4 Å². The van der Waals surface area contributed by atoms with Gasteiger partial charge in [-0.1, -0.05) is 0 Å². The third kappa shape index (κ3) is 4.24. The first-order valence-corrected chi connectivity index (χ1v) is 10.8. The van der Waals surface area contributed by atoms with E-state index in [4.69, 9.17) is 14.2 Å². The Morgan fingerprint density at radius 1 is 1.10 bits per heavy atom. The summed E-state index contributed by atoms with van der Waals surface area (Å²) in [7, 11) is 3.17. The summed E-state index contributed by atoms with van der Waals surface area (Å²) in [5.74, 6) is 1.27. The zero-order chi connectivity index (χ0) is 22.0. The van der Waals surface area contributed by atoms with Crippen molar-refractivity contribution in [2.24, 2.45) is 5.92 Å². The predicted molar refractivity (Wildman–Crippen MR) is 117 cm³/mol. The van der Waals surface area contributed by atoms with Crippen LogP contribution in [0.25, 0.3) is 10.9 Å². The van der Waals surface area contributed by atoms with Crippen LogP contribution in [0, 0.1) is 5.92 Å². The lowest BCUT2D eigenvalue weighted by Gasteiger charge is -2.33. The molecule has 2 heterocycles. The molecule has 0 bridgehead atoms. The summed E-state index contributed by atoms with van der Waals surface area (Å²) >= 11 is 0. The van der Waals surface area contributed by atoms with Crippen LogP contribution in [0.2, 0.25) is 0 Å². The normalized spacial score (nSPS) is 16.8. The fraction of sp³-hybridized carbons (Fsp3) is 0.522. The number of benzene rings is 1. The molecule has 1 N–H and O–H groups in total. The van der Waals surface area contributed by atoms with Crippen LogP contribution in [-0.4, -0.2) is 61.7 Å². The van der Waals surface area contributed by atoms with Crippen molar-refractivity contribution in [3.05, 3.63) is 23.9 Å². The number of amides is 1. The van der Waals surface area contributed by atoms with Gasteiger partial charge in [-0.05, 0) is 44.7 Å². The van der Waals surface area contributed by atoms with Crippen molar-refractivity contribution >= 4 is 28.5 Å². The molecule has 0 unspecified atom stereocenters. The van der Waals surface area contributed by atoms with E-state index in [-0.39, 0.29) is 24.5 Å². The highest BCUT2D eigenvalue weighted by molar-refractivity contribution is 6.08. The van der Waals surface area contributed by atoms with E-state index in [1.165, 1.54) is 6.20 Å². The lowest BCUT2D eigenvalue weighted by Crippen LogP contribution is -2.43. The molecule has 0 atom stereocenters. The Labute approximate surface area is 181 Å². The molecule has 2 aliphatic rings. The molecule has 1 saturated carbocycles. The third-order valence-electron chi connectivity index (χ3n) is 5.96. The number of hydrogen-bond acceptors (Lipinski definition) is 7. The zero-order valence-electron chi connectivity index (χ0n) is 18.3. The van der Waals surface area contributed by atoms with Crippen molar-refractivity contribution in [2.45, 2.75) is 38.6 Å². The number of pyridine rings is 1. The Balaban J connectivity index is 1.67. The fourth-order valence-electron chi connectivity index (χ4n) is 4.14. The highest BCUT2D eigenvalue weighted by Gasteiger charge is 2.35. The van der Waals surface area contributed by atoms with Gasteiger partial charge in [0.15, 0.2) is 0 Å². The molecule has 2 fully saturated rings. The summed E-state index contributed by atoms with van der Waals surface area (Å²) in [6, 6.07) is 3.71. The quantitative estimate of drug-likeness (QED) is 0.679. The van der Waals surface area contributed by atoms with E-state index >= 15 is 0 Å². The number of fused-ring (bicyclic) bond motifs is 1. The molecule has 1 aromatic carbocycles. The van der Waals surface area contributed by atoms with Gasteiger partial charge in [0.2, 0.25) is 5.91 Å². The maximum atomic E-state index is 12.7. The van der Waals surface area contributed by atoms with E-state index < -0.39 is 5.97 Å². The minimum Gasteiger partial charge on any atom is -0.496 e. The third-order valence-corrected chi connectivity index (χ3v) is 5.96. The minimum absolute atomic E-state index is 0.109. The number of nitrogens with zero attached hydrogens (tertiary/aromatic N) is 2. The Kier molecular flexibility index (Phi) is 6.15. The number of ether oxygens (including phenoxy) is 3. The molecular weight excluding hydrogens is 398 g/mol. The lowest BCUT2D eigenvalue weighted by atomic mass is 10.0. The molecule has 8 nitrogen and oxygen atoms in total. The number of nitrogens with one attached hydrogen (secondary N) is 1. The van der Waals surface area contributed by atoms with Crippen LogP contribution in [0.4, 0.5) is 5.69 Å². The van der Waals surface area contributed by atoms with E-state index in [9.17, 15) is 9.59 Å². The highest BCUT2D eigenvalue weighted by Crippen LogP contribution is 2.39. The van der Waals surface area contributed by atoms with Crippen molar-refractivity contribution in [2.75, 3.05) is 39.2 Å². The van der Waals surface area contributed by atoms with Gasteiger partial charge >= 0.3 is 5.97 Å². The van der Waals surface area contributed by atoms with Crippen molar-refractivity contribution in [1.29, 1.82) is 0 Å². The van der Waals surface area contributed by atoms with Gasteiger partial charge in [-0.2, -0.15) is 0 Å². The van der Waals surface area contributed by atoms with Crippen LogP contribution in [0.15, 0.2) is 18.3 Å². The molecule has 0 radical (unpaired) electrons. The molecule has 31 heavy (non-hydrogen) atoms. The monoisotopic (exact) mass is 427 g/mol. The van der Waals surface area contributed by atoms with Crippen LogP contribution in [0.3, 0.4) is 0 Å². The van der Waals surface area contributed by atoms with Gasteiger partial charge in [0.1, 0.15) is 22.6 Å². The number of anilines is 1. The Morgan fingerprint density at radius 3 is 2.39 bits per heavy atom. The number of aromatic nitrogens is 1. The molecule has 1 amide bonds. The van der Waals surface area contributed by atoms with Gasteiger partial charge in [-0.3, -0.25) is 9.78 Å². The van der Waals surface area contributed by atoms with Crippen LogP contribution >= 0.6 is 0 Å². The second kappa shape index (κ2) is 8.99. The van der Waals surface area contributed by atoms with Gasteiger partial charge in [0.25, 0.3) is 0 Å². The first-order valence-electron chi connectivity index (χ1n) is 10.8. The average molecular weight is 428 g/mol. The first kappa shape index (κ1) is 21.2. The number of esters is 1. The predicted octanol–water partition coefficient (Wildman–Crippen LogP) is 3.24. The molecule has 1 saturated heterocycles. The molecule has 4 rings (SSSR count). The SMILES string of the molecule is CCOC(=O)c1cnc2c(OC)ccc(OC)c2c1NC1CCN(C(=O)C2CC2)CC1. The molecule has 8 heteroatoms. The number of piperidine rings is 1. The van der Waals surface area contributed by atoms with Crippen LogP contribution in [0.5, 0.6) is 11.5 Å². The molecule has 2 aromatic rings. The topological polar surface area (TPSA) is 90.0 Å². The Bertz CT molecular complexity index is 981. The van der Waals surface area contributed by atoms with Crippen LogP contribution in [-0.2, 0) is 9.53 Å². The summed E-state index contributed by atoms with van der Waals surface area (Å²) in [5.41, 5.74) is 1.60. The van der Waals surface area contributed by atoms with Crippen molar-refractivity contribution in [3.63, 3.8) is 0 Å². The largest absolute Gasteiger partial charge is 0.496 e. The van der Waals surface area contributed by atoms with Gasteiger partial charge in [0, 0.05) is 31.2 Å². The van der Waals surface area contributed by atoms with E-state index in [0.717, 1.165) is 25.7 Å². The second-order valence-electron chi connectivity index (χ2n) is 7.98. The zero-order valence-corrected chi connectivity index (χ0v) is 18.3. The number of hydrogen-bond donors (Lipinski definition) is 1. The number of methoxy groups -OCH3 is 2. The molecule has 1 aliphatic carbocycles. The van der Waals surface area contributed by atoms with Gasteiger partial charge in [-0.25, -0.2) is 4.79 Å². The smallest absolute Gasteiger partial charge is 0.341 e. The van der Waals surface area contributed by atoms with Gasteiger partial charge in [0.05, 0.1) is 31.9 Å². The standard InChI is InChI=1S/C23H29N3O5/c1-4-31-23(28)16-13-24-21-18(30-3)8-7-17(29-2)19(21)20(16)25-15-9-11-26(12-10-15)22(27)14-5-6-14/h7-8,13-15H,4-6,9-12H2,1-3H3,(H,24,25). The number of carbonyl (C=O) groups is 2. The van der Waals surface area contributed by atoms with Crippen LogP contribution < -0.4 is 14.8 Å². The number of likely N-dealkylation sites (tertiary alicyclic amines) is 1.